The standard InChI is InChI=1S/C14H21N3O3/c1-9-5-3-4-6-12(9)16-13(18)10(2)17-8-11(7-15-17)14(19)20/h7-10,12H,3-6H2,1-2H3,(H,16,18)(H,19,20). The Morgan fingerprint density at radius 2 is 2.15 bits per heavy atom. The molecule has 1 fully saturated rings. The van der Waals surface area contributed by atoms with Crippen molar-refractivity contribution in [2.45, 2.75) is 51.6 Å². The summed E-state index contributed by atoms with van der Waals surface area (Å²) in [6.07, 6.45) is 7.18. The van der Waals surface area contributed by atoms with Crippen molar-refractivity contribution >= 4 is 11.9 Å². The molecule has 1 aliphatic rings. The molecular formula is C14H21N3O3. The second kappa shape index (κ2) is 6.07. The lowest BCUT2D eigenvalue weighted by Crippen LogP contribution is -2.43. The smallest absolute Gasteiger partial charge is 0.338 e. The Kier molecular flexibility index (Phi) is 4.42. The van der Waals surface area contributed by atoms with Crippen molar-refractivity contribution in [3.8, 4) is 0 Å². The maximum atomic E-state index is 12.2. The number of hydrogen-bond acceptors (Lipinski definition) is 3. The number of nitrogens with zero attached hydrogens (tertiary/aromatic N) is 2. The van der Waals surface area contributed by atoms with E-state index in [9.17, 15) is 9.59 Å². The molecule has 1 aromatic heterocycles. The van der Waals surface area contributed by atoms with Gasteiger partial charge in [-0.1, -0.05) is 19.8 Å². The Morgan fingerprint density at radius 1 is 1.45 bits per heavy atom. The molecule has 20 heavy (non-hydrogen) atoms. The van der Waals surface area contributed by atoms with Crippen LogP contribution in [0.15, 0.2) is 12.4 Å². The number of hydrogen-bond donors (Lipinski definition) is 2. The van der Waals surface area contributed by atoms with E-state index in [0.29, 0.717) is 5.92 Å². The van der Waals surface area contributed by atoms with Crippen LogP contribution in [0.1, 0.15) is 55.9 Å². The molecule has 0 radical (unpaired) electrons. The largest absolute Gasteiger partial charge is 0.478 e. The second-order valence-electron chi connectivity index (χ2n) is 5.57. The van der Waals surface area contributed by atoms with E-state index >= 15 is 0 Å². The zero-order valence-corrected chi connectivity index (χ0v) is 11.9. The molecule has 3 unspecified atom stereocenters. The van der Waals surface area contributed by atoms with E-state index in [-0.39, 0.29) is 17.5 Å². The van der Waals surface area contributed by atoms with Crippen LogP contribution in [0.2, 0.25) is 0 Å². The highest BCUT2D eigenvalue weighted by atomic mass is 16.4. The quantitative estimate of drug-likeness (QED) is 0.880. The molecule has 1 aromatic rings. The first-order chi connectivity index (χ1) is 9.49. The predicted octanol–water partition coefficient (Wildman–Crippen LogP) is 1.84. The van der Waals surface area contributed by atoms with Crippen LogP contribution in [0, 0.1) is 5.92 Å². The molecule has 2 N–H and O–H groups in total. The van der Waals surface area contributed by atoms with Crippen LogP contribution in [0.5, 0.6) is 0 Å². The molecule has 1 amide bonds. The molecule has 0 bridgehead atoms. The average molecular weight is 279 g/mol. The first-order valence-corrected chi connectivity index (χ1v) is 7.07. The molecule has 1 saturated carbocycles. The number of carbonyl (C=O) groups is 2. The van der Waals surface area contributed by atoms with Crippen molar-refractivity contribution in [1.29, 1.82) is 0 Å². The summed E-state index contributed by atoms with van der Waals surface area (Å²) in [7, 11) is 0. The number of carboxylic acid groups (broad SMARTS) is 1. The van der Waals surface area contributed by atoms with Gasteiger partial charge in [-0.05, 0) is 25.7 Å². The molecule has 1 aliphatic carbocycles. The zero-order valence-electron chi connectivity index (χ0n) is 11.9. The molecule has 6 heteroatoms. The first-order valence-electron chi connectivity index (χ1n) is 7.07. The fourth-order valence-electron chi connectivity index (χ4n) is 2.61. The average Bonchev–Trinajstić information content (AvgIpc) is 2.90. The van der Waals surface area contributed by atoms with Gasteiger partial charge in [-0.2, -0.15) is 5.10 Å². The highest BCUT2D eigenvalue weighted by Crippen LogP contribution is 2.24. The topological polar surface area (TPSA) is 84.2 Å². The van der Waals surface area contributed by atoms with Crippen molar-refractivity contribution in [1.82, 2.24) is 15.1 Å². The number of rotatable bonds is 4. The van der Waals surface area contributed by atoms with Crippen molar-refractivity contribution < 1.29 is 14.7 Å². The summed E-state index contributed by atoms with van der Waals surface area (Å²) in [5, 5.41) is 15.9. The second-order valence-corrected chi connectivity index (χ2v) is 5.57. The number of carboxylic acids is 1. The predicted molar refractivity (Wildman–Crippen MR) is 73.5 cm³/mol. The summed E-state index contributed by atoms with van der Waals surface area (Å²) in [5.74, 6) is -0.652. The van der Waals surface area contributed by atoms with E-state index in [0.717, 1.165) is 19.3 Å². The van der Waals surface area contributed by atoms with Crippen LogP contribution in [0.25, 0.3) is 0 Å². The van der Waals surface area contributed by atoms with Crippen LogP contribution in [0.3, 0.4) is 0 Å². The summed E-state index contributed by atoms with van der Waals surface area (Å²) in [5.41, 5.74) is 0.0932. The van der Waals surface area contributed by atoms with Crippen molar-refractivity contribution in [3.05, 3.63) is 18.0 Å². The number of aromatic carboxylic acids is 1. The van der Waals surface area contributed by atoms with Crippen LogP contribution in [-0.2, 0) is 4.79 Å². The first kappa shape index (κ1) is 14.6. The highest BCUT2D eigenvalue weighted by molar-refractivity contribution is 5.87. The lowest BCUT2D eigenvalue weighted by Gasteiger charge is -2.30. The van der Waals surface area contributed by atoms with Crippen molar-refractivity contribution in [3.63, 3.8) is 0 Å². The normalized spacial score (nSPS) is 24.1. The molecule has 0 aromatic carbocycles. The number of amides is 1. The fraction of sp³-hybridized carbons (Fsp3) is 0.643. The monoisotopic (exact) mass is 279 g/mol. The Labute approximate surface area is 118 Å². The van der Waals surface area contributed by atoms with Crippen molar-refractivity contribution in [2.75, 3.05) is 0 Å². The SMILES string of the molecule is CC1CCCCC1NC(=O)C(C)n1cc(C(=O)O)cn1. The minimum absolute atomic E-state index is 0.0932. The third kappa shape index (κ3) is 3.18. The van der Waals surface area contributed by atoms with E-state index in [1.54, 1.807) is 6.92 Å². The molecule has 1 heterocycles. The molecule has 110 valence electrons. The van der Waals surface area contributed by atoms with Crippen LogP contribution in [0.4, 0.5) is 0 Å². The number of nitrogens with one attached hydrogen (secondary N) is 1. The van der Waals surface area contributed by atoms with Crippen molar-refractivity contribution in [2.24, 2.45) is 5.92 Å². The van der Waals surface area contributed by atoms with Gasteiger partial charge in [0, 0.05) is 12.2 Å². The van der Waals surface area contributed by atoms with Gasteiger partial charge in [-0.25, -0.2) is 4.79 Å². The molecule has 0 spiro atoms. The molecule has 0 aliphatic heterocycles. The van der Waals surface area contributed by atoms with Gasteiger partial charge in [-0.15, -0.1) is 0 Å². The molecule has 3 atom stereocenters. The zero-order chi connectivity index (χ0) is 14.7. The van der Waals surface area contributed by atoms with E-state index in [1.807, 2.05) is 0 Å². The van der Waals surface area contributed by atoms with Crippen LogP contribution < -0.4 is 5.32 Å². The summed E-state index contributed by atoms with van der Waals surface area (Å²) in [6.45, 7) is 3.88. The van der Waals surface area contributed by atoms with Gasteiger partial charge < -0.3 is 10.4 Å². The Balaban J connectivity index is 1.98. The maximum absolute atomic E-state index is 12.2. The highest BCUT2D eigenvalue weighted by Gasteiger charge is 2.25. The lowest BCUT2D eigenvalue weighted by molar-refractivity contribution is -0.125. The molecule has 0 saturated heterocycles. The summed E-state index contributed by atoms with van der Waals surface area (Å²) >= 11 is 0. The van der Waals surface area contributed by atoms with Gasteiger partial charge in [0.25, 0.3) is 0 Å². The van der Waals surface area contributed by atoms with Gasteiger partial charge in [0.15, 0.2) is 0 Å². The van der Waals surface area contributed by atoms with Crippen LogP contribution in [-0.4, -0.2) is 32.8 Å². The number of aromatic nitrogens is 2. The molecule has 2 rings (SSSR count). The Morgan fingerprint density at radius 3 is 2.75 bits per heavy atom. The molecular weight excluding hydrogens is 258 g/mol. The van der Waals surface area contributed by atoms with Gasteiger partial charge in [0.05, 0.1) is 11.8 Å². The fourth-order valence-corrected chi connectivity index (χ4v) is 2.61. The summed E-state index contributed by atoms with van der Waals surface area (Å²) < 4.78 is 1.40. The third-order valence-corrected chi connectivity index (χ3v) is 4.06. The Hall–Kier alpha value is -1.85. The number of carbonyl (C=O) groups excluding carboxylic acids is 1. The molecule has 6 nitrogen and oxygen atoms in total. The van der Waals surface area contributed by atoms with E-state index in [1.165, 1.54) is 23.5 Å². The van der Waals surface area contributed by atoms with Gasteiger partial charge >= 0.3 is 5.97 Å². The van der Waals surface area contributed by atoms with E-state index in [4.69, 9.17) is 5.11 Å². The Bertz CT molecular complexity index is 498. The van der Waals surface area contributed by atoms with Gasteiger partial charge in [0.1, 0.15) is 6.04 Å². The minimum Gasteiger partial charge on any atom is -0.478 e. The lowest BCUT2D eigenvalue weighted by atomic mass is 9.86. The van der Waals surface area contributed by atoms with E-state index < -0.39 is 12.0 Å². The summed E-state index contributed by atoms with van der Waals surface area (Å²) in [6, 6.07) is -0.287. The maximum Gasteiger partial charge on any atom is 0.338 e. The van der Waals surface area contributed by atoms with Gasteiger partial charge in [0.2, 0.25) is 5.91 Å². The van der Waals surface area contributed by atoms with E-state index in [2.05, 4.69) is 17.3 Å². The summed E-state index contributed by atoms with van der Waals surface area (Å²) in [4.78, 5) is 23.0. The van der Waals surface area contributed by atoms with Gasteiger partial charge in [-0.3, -0.25) is 9.48 Å². The minimum atomic E-state index is -1.04. The van der Waals surface area contributed by atoms with Crippen LogP contribution >= 0.6 is 0 Å². The third-order valence-electron chi connectivity index (χ3n) is 4.06.